The van der Waals surface area contributed by atoms with Crippen LogP contribution in [0.5, 0.6) is 0 Å². The number of hydrogen-bond donors (Lipinski definition) is 1. The Hall–Kier alpha value is -3.33. The van der Waals surface area contributed by atoms with Crippen molar-refractivity contribution in [3.8, 4) is 5.40 Å². The SMILES string of the molecule is CCCCCCN(CCCCCC)c1ccc(/C=C2/SC(=O)N(CC(=O)Nc3nc4ccc(SC#N)cc4s3)C2=O)c(C)c1. The van der Waals surface area contributed by atoms with E-state index in [-0.39, 0.29) is 0 Å². The van der Waals surface area contributed by atoms with Gasteiger partial charge in [-0.15, -0.1) is 0 Å². The number of unbranched alkanes of at least 4 members (excludes halogenated alkanes) is 6. The number of thioether (sulfide) groups is 2. The fourth-order valence-corrected chi connectivity index (χ4v) is 7.25. The number of anilines is 2. The summed E-state index contributed by atoms with van der Waals surface area (Å²) in [5, 5.41) is 13.5. The highest BCUT2D eigenvalue weighted by molar-refractivity contribution is 8.18. The molecule has 1 saturated heterocycles. The molecule has 1 aromatic heterocycles. The zero-order valence-electron chi connectivity index (χ0n) is 25.6. The van der Waals surface area contributed by atoms with E-state index in [0.717, 1.165) is 62.2 Å². The maximum Gasteiger partial charge on any atom is 0.294 e. The van der Waals surface area contributed by atoms with Crippen molar-refractivity contribution in [3.63, 3.8) is 0 Å². The maximum atomic E-state index is 13.2. The smallest absolute Gasteiger partial charge is 0.294 e. The minimum absolute atomic E-state index is 0.303. The second-order valence-electron chi connectivity index (χ2n) is 10.8. The lowest BCUT2D eigenvalue weighted by molar-refractivity contribution is -0.127. The monoisotopic (exact) mass is 649 g/mol. The summed E-state index contributed by atoms with van der Waals surface area (Å²) in [6.45, 7) is 8.16. The lowest BCUT2D eigenvalue weighted by Crippen LogP contribution is -2.36. The number of nitrogens with zero attached hydrogens (tertiary/aromatic N) is 4. The molecular formula is C33H39N5O3S3. The van der Waals surface area contributed by atoms with E-state index in [4.69, 9.17) is 5.26 Å². The van der Waals surface area contributed by atoms with Gasteiger partial charge in [-0.3, -0.25) is 19.3 Å². The van der Waals surface area contributed by atoms with Gasteiger partial charge in [-0.1, -0.05) is 69.8 Å². The van der Waals surface area contributed by atoms with Crippen molar-refractivity contribution in [2.45, 2.75) is 77.0 Å². The van der Waals surface area contributed by atoms with Crippen LogP contribution in [-0.2, 0) is 9.59 Å². The van der Waals surface area contributed by atoms with Crippen LogP contribution in [0.1, 0.15) is 76.3 Å². The van der Waals surface area contributed by atoms with Gasteiger partial charge < -0.3 is 10.2 Å². The summed E-state index contributed by atoms with van der Waals surface area (Å²) >= 11 is 3.17. The number of aryl methyl sites for hydroxylation is 1. The standard InChI is InChI=1S/C33H39N5O3S3/c1-4-6-8-10-16-37(17-11-9-7-5-2)25-13-12-24(23(3)18-25)19-29-31(40)38(33(41)44-29)21-30(39)36-32-35-27-15-14-26(42-22-34)20-28(27)43-32/h12-15,18-20H,4-11,16-17,21H2,1-3H3,(H,35,36,39)/b29-19+. The molecule has 1 aliphatic heterocycles. The number of nitriles is 1. The number of amides is 3. The number of fused-ring (bicyclic) bond motifs is 1. The third kappa shape index (κ3) is 9.10. The third-order valence-electron chi connectivity index (χ3n) is 7.41. The molecule has 0 radical (unpaired) electrons. The van der Waals surface area contributed by atoms with Gasteiger partial charge in [-0.2, -0.15) is 5.26 Å². The zero-order chi connectivity index (χ0) is 31.5. The van der Waals surface area contributed by atoms with E-state index in [9.17, 15) is 14.4 Å². The fraction of sp³-hybridized carbons (Fsp3) is 0.424. The Morgan fingerprint density at radius 3 is 2.43 bits per heavy atom. The molecule has 4 rings (SSSR count). The van der Waals surface area contributed by atoms with Crippen LogP contribution < -0.4 is 10.2 Å². The molecular weight excluding hydrogens is 611 g/mol. The zero-order valence-corrected chi connectivity index (χ0v) is 28.0. The molecule has 8 nitrogen and oxygen atoms in total. The number of hydrogen-bond acceptors (Lipinski definition) is 9. The van der Waals surface area contributed by atoms with Gasteiger partial charge in [-0.05, 0) is 90.8 Å². The average Bonchev–Trinajstić information content (AvgIpc) is 3.52. The summed E-state index contributed by atoms with van der Waals surface area (Å²) in [5.74, 6) is -0.979. The molecule has 1 aliphatic rings. The lowest BCUT2D eigenvalue weighted by Gasteiger charge is -2.26. The Bertz CT molecular complexity index is 1550. The Labute approximate surface area is 272 Å². The number of rotatable bonds is 16. The van der Waals surface area contributed by atoms with Crippen molar-refractivity contribution in [2.24, 2.45) is 0 Å². The molecule has 0 bridgehead atoms. The molecule has 0 saturated carbocycles. The van der Waals surface area contributed by atoms with Crippen LogP contribution in [0.15, 0.2) is 46.2 Å². The van der Waals surface area contributed by atoms with Crippen molar-refractivity contribution in [1.29, 1.82) is 5.26 Å². The van der Waals surface area contributed by atoms with E-state index in [1.54, 1.807) is 18.2 Å². The molecule has 11 heteroatoms. The quantitative estimate of drug-likeness (QED) is 0.0710. The van der Waals surface area contributed by atoms with Gasteiger partial charge in [-0.25, -0.2) is 4.98 Å². The highest BCUT2D eigenvalue weighted by atomic mass is 32.2. The number of benzene rings is 2. The number of nitrogens with one attached hydrogen (secondary N) is 1. The summed E-state index contributed by atoms with van der Waals surface area (Å²) in [5.41, 5.74) is 3.79. The first-order valence-electron chi connectivity index (χ1n) is 15.2. The van der Waals surface area contributed by atoms with Crippen molar-refractivity contribution in [1.82, 2.24) is 9.88 Å². The normalized spacial score (nSPS) is 14.0. The van der Waals surface area contributed by atoms with E-state index in [0.29, 0.717) is 15.6 Å². The highest BCUT2D eigenvalue weighted by Gasteiger charge is 2.36. The van der Waals surface area contributed by atoms with E-state index < -0.39 is 23.6 Å². The highest BCUT2D eigenvalue weighted by Crippen LogP contribution is 2.34. The molecule has 0 atom stereocenters. The minimum atomic E-state index is -0.502. The predicted octanol–water partition coefficient (Wildman–Crippen LogP) is 8.82. The lowest BCUT2D eigenvalue weighted by atomic mass is 10.1. The summed E-state index contributed by atoms with van der Waals surface area (Å²) < 4.78 is 0.826. The van der Waals surface area contributed by atoms with Gasteiger partial charge in [0.05, 0.1) is 15.1 Å². The van der Waals surface area contributed by atoms with E-state index in [1.807, 2.05) is 24.5 Å². The van der Waals surface area contributed by atoms with Gasteiger partial charge >= 0.3 is 0 Å². The second-order valence-corrected chi connectivity index (χ2v) is 13.7. The van der Waals surface area contributed by atoms with Crippen LogP contribution in [0.25, 0.3) is 16.3 Å². The van der Waals surface area contributed by atoms with Crippen LogP contribution in [0.3, 0.4) is 0 Å². The predicted molar refractivity (Wildman–Crippen MR) is 184 cm³/mol. The number of imide groups is 1. The van der Waals surface area contributed by atoms with Gasteiger partial charge in [0.15, 0.2) is 5.13 Å². The van der Waals surface area contributed by atoms with E-state index >= 15 is 0 Å². The Morgan fingerprint density at radius 1 is 1.05 bits per heavy atom. The molecule has 44 heavy (non-hydrogen) atoms. The molecule has 3 aromatic rings. The average molecular weight is 650 g/mol. The summed E-state index contributed by atoms with van der Waals surface area (Å²) in [6, 6.07) is 11.7. The molecule has 2 heterocycles. The first-order chi connectivity index (χ1) is 21.3. The van der Waals surface area contributed by atoms with Gasteiger partial charge in [0.25, 0.3) is 11.1 Å². The fourth-order valence-electron chi connectivity index (χ4n) is 5.00. The number of thiocyanates is 1. The molecule has 0 aliphatic carbocycles. The Morgan fingerprint density at radius 2 is 1.77 bits per heavy atom. The minimum Gasteiger partial charge on any atom is -0.372 e. The molecule has 0 unspecified atom stereocenters. The first-order valence-corrected chi connectivity index (χ1v) is 17.6. The maximum absolute atomic E-state index is 13.2. The van der Waals surface area contributed by atoms with Gasteiger partial charge in [0.1, 0.15) is 11.9 Å². The van der Waals surface area contributed by atoms with Crippen molar-refractivity contribution < 1.29 is 14.4 Å². The number of carbonyl (C=O) groups is 3. The third-order valence-corrected chi connectivity index (χ3v) is 9.84. The summed E-state index contributed by atoms with van der Waals surface area (Å²) in [6.07, 6.45) is 11.5. The number of thiazole rings is 1. The van der Waals surface area contributed by atoms with Crippen LogP contribution >= 0.6 is 34.9 Å². The van der Waals surface area contributed by atoms with Crippen LogP contribution in [0.2, 0.25) is 0 Å². The molecule has 3 amide bonds. The number of aromatic nitrogens is 1. The Kier molecular flexibility index (Phi) is 12.7. The topological polar surface area (TPSA) is 106 Å². The van der Waals surface area contributed by atoms with Crippen molar-refractivity contribution in [3.05, 3.63) is 52.4 Å². The van der Waals surface area contributed by atoms with Crippen LogP contribution in [0, 0.1) is 17.6 Å². The molecule has 232 valence electrons. The first kappa shape index (κ1) is 33.6. The largest absolute Gasteiger partial charge is 0.372 e. The van der Waals surface area contributed by atoms with Gasteiger partial charge in [0, 0.05) is 23.7 Å². The molecule has 0 spiro atoms. The number of carbonyl (C=O) groups excluding carboxylic acids is 3. The second kappa shape index (κ2) is 16.7. The van der Waals surface area contributed by atoms with E-state index in [2.05, 4.69) is 41.2 Å². The van der Waals surface area contributed by atoms with Crippen LogP contribution in [0.4, 0.5) is 15.6 Å². The van der Waals surface area contributed by atoms with Crippen molar-refractivity contribution >= 4 is 79.0 Å². The van der Waals surface area contributed by atoms with Crippen LogP contribution in [-0.4, -0.2) is 46.6 Å². The molecule has 1 fully saturated rings. The summed E-state index contributed by atoms with van der Waals surface area (Å²) in [7, 11) is 0. The van der Waals surface area contributed by atoms with E-state index in [1.165, 1.54) is 68.4 Å². The molecule has 1 N–H and O–H groups in total. The Balaban J connectivity index is 1.40. The summed E-state index contributed by atoms with van der Waals surface area (Å²) in [4.78, 5) is 47.6. The molecule has 2 aromatic carbocycles. The van der Waals surface area contributed by atoms with Crippen molar-refractivity contribution in [2.75, 3.05) is 29.9 Å². The van der Waals surface area contributed by atoms with Gasteiger partial charge in [0.2, 0.25) is 5.91 Å².